The molecule has 1 unspecified atom stereocenters. The number of rotatable bonds is 4. The van der Waals surface area contributed by atoms with Gasteiger partial charge in [0.2, 0.25) is 5.91 Å². The van der Waals surface area contributed by atoms with Gasteiger partial charge in [-0.25, -0.2) is 9.97 Å². The molecule has 0 bridgehead atoms. The zero-order valence-electron chi connectivity index (χ0n) is 13.8. The SMILES string of the molecule is CCCN(C)C(=O)C1CCCN(c2cnc3nccnc3c2)C1. The first-order chi connectivity index (χ1) is 11.2. The Hall–Kier alpha value is -2.24. The molecule has 3 rings (SSSR count). The molecule has 1 aliphatic rings. The highest BCUT2D eigenvalue weighted by atomic mass is 16.2. The van der Waals surface area contributed by atoms with E-state index in [4.69, 9.17) is 0 Å². The van der Waals surface area contributed by atoms with Gasteiger partial charge in [0.15, 0.2) is 5.65 Å². The molecule has 122 valence electrons. The summed E-state index contributed by atoms with van der Waals surface area (Å²) in [7, 11) is 1.90. The van der Waals surface area contributed by atoms with Crippen LogP contribution < -0.4 is 4.90 Å². The van der Waals surface area contributed by atoms with E-state index in [1.54, 1.807) is 12.4 Å². The monoisotopic (exact) mass is 313 g/mol. The summed E-state index contributed by atoms with van der Waals surface area (Å²) >= 11 is 0. The third-order valence-corrected chi connectivity index (χ3v) is 4.38. The first kappa shape index (κ1) is 15.6. The molecule has 23 heavy (non-hydrogen) atoms. The molecule has 2 aromatic rings. The Labute approximate surface area is 136 Å². The summed E-state index contributed by atoms with van der Waals surface area (Å²) in [5, 5.41) is 0. The molecular weight excluding hydrogens is 290 g/mol. The van der Waals surface area contributed by atoms with E-state index in [0.29, 0.717) is 5.65 Å². The van der Waals surface area contributed by atoms with E-state index < -0.39 is 0 Å². The number of pyridine rings is 1. The summed E-state index contributed by atoms with van der Waals surface area (Å²) in [5.74, 6) is 0.322. The van der Waals surface area contributed by atoms with Crippen molar-refractivity contribution in [1.29, 1.82) is 0 Å². The van der Waals surface area contributed by atoms with Gasteiger partial charge >= 0.3 is 0 Å². The number of carbonyl (C=O) groups excluding carboxylic acids is 1. The van der Waals surface area contributed by atoms with Gasteiger partial charge in [0.25, 0.3) is 0 Å². The van der Waals surface area contributed by atoms with Crippen molar-refractivity contribution in [3.63, 3.8) is 0 Å². The minimum atomic E-state index is 0.0675. The van der Waals surface area contributed by atoms with Gasteiger partial charge in [-0.2, -0.15) is 0 Å². The second kappa shape index (κ2) is 6.89. The average molecular weight is 313 g/mol. The van der Waals surface area contributed by atoms with Crippen LogP contribution in [0.25, 0.3) is 11.2 Å². The largest absolute Gasteiger partial charge is 0.369 e. The van der Waals surface area contributed by atoms with Crippen molar-refractivity contribution in [3.05, 3.63) is 24.7 Å². The van der Waals surface area contributed by atoms with Crippen LogP contribution in [0, 0.1) is 5.92 Å². The van der Waals surface area contributed by atoms with E-state index in [0.717, 1.165) is 50.1 Å². The molecular formula is C17H23N5O. The summed E-state index contributed by atoms with van der Waals surface area (Å²) in [6, 6.07) is 2.01. The van der Waals surface area contributed by atoms with E-state index in [1.807, 2.05) is 24.2 Å². The zero-order valence-corrected chi connectivity index (χ0v) is 13.8. The molecule has 0 saturated carbocycles. The number of amides is 1. The number of anilines is 1. The van der Waals surface area contributed by atoms with Crippen molar-refractivity contribution in [1.82, 2.24) is 19.9 Å². The number of aromatic nitrogens is 3. The Kier molecular flexibility index (Phi) is 4.69. The second-order valence-corrected chi connectivity index (χ2v) is 6.14. The van der Waals surface area contributed by atoms with Crippen molar-refractivity contribution in [2.45, 2.75) is 26.2 Å². The van der Waals surface area contributed by atoms with E-state index in [-0.39, 0.29) is 11.8 Å². The van der Waals surface area contributed by atoms with Crippen LogP contribution in [-0.2, 0) is 4.79 Å². The lowest BCUT2D eigenvalue weighted by atomic mass is 9.96. The summed E-state index contributed by atoms with van der Waals surface area (Å²) in [4.78, 5) is 29.5. The first-order valence-corrected chi connectivity index (χ1v) is 8.25. The molecule has 0 spiro atoms. The van der Waals surface area contributed by atoms with Crippen LogP contribution >= 0.6 is 0 Å². The lowest BCUT2D eigenvalue weighted by Crippen LogP contribution is -2.44. The fourth-order valence-corrected chi connectivity index (χ4v) is 3.19. The fraction of sp³-hybridized carbons (Fsp3) is 0.529. The topological polar surface area (TPSA) is 62.2 Å². The molecule has 6 nitrogen and oxygen atoms in total. The Bertz CT molecular complexity index is 689. The van der Waals surface area contributed by atoms with Crippen molar-refractivity contribution >= 4 is 22.8 Å². The Morgan fingerprint density at radius 1 is 1.35 bits per heavy atom. The lowest BCUT2D eigenvalue weighted by molar-refractivity contribution is -0.134. The molecule has 0 radical (unpaired) electrons. The molecule has 0 aliphatic carbocycles. The van der Waals surface area contributed by atoms with Gasteiger partial charge in [0.1, 0.15) is 5.52 Å². The predicted molar refractivity (Wildman–Crippen MR) is 90.2 cm³/mol. The van der Waals surface area contributed by atoms with Gasteiger partial charge < -0.3 is 9.80 Å². The van der Waals surface area contributed by atoms with Crippen LogP contribution in [0.2, 0.25) is 0 Å². The Morgan fingerprint density at radius 3 is 3.00 bits per heavy atom. The molecule has 6 heteroatoms. The predicted octanol–water partition coefficient (Wildman–Crippen LogP) is 2.11. The van der Waals surface area contributed by atoms with Crippen LogP contribution in [0.1, 0.15) is 26.2 Å². The number of piperidine rings is 1. The van der Waals surface area contributed by atoms with Gasteiger partial charge in [-0.3, -0.25) is 9.78 Å². The van der Waals surface area contributed by atoms with Gasteiger partial charge in [-0.1, -0.05) is 6.92 Å². The summed E-state index contributed by atoms with van der Waals surface area (Å²) in [5.41, 5.74) is 2.47. The normalized spacial score (nSPS) is 18.2. The molecule has 0 N–H and O–H groups in total. The first-order valence-electron chi connectivity index (χ1n) is 8.25. The highest BCUT2D eigenvalue weighted by molar-refractivity contribution is 5.80. The maximum atomic E-state index is 12.5. The third kappa shape index (κ3) is 3.41. The molecule has 1 amide bonds. The van der Waals surface area contributed by atoms with Crippen molar-refractivity contribution in [2.24, 2.45) is 5.92 Å². The van der Waals surface area contributed by atoms with Gasteiger partial charge in [0, 0.05) is 39.1 Å². The van der Waals surface area contributed by atoms with E-state index >= 15 is 0 Å². The van der Waals surface area contributed by atoms with Crippen molar-refractivity contribution in [2.75, 3.05) is 31.6 Å². The summed E-state index contributed by atoms with van der Waals surface area (Å²) < 4.78 is 0. The minimum absolute atomic E-state index is 0.0675. The molecule has 1 aliphatic heterocycles. The van der Waals surface area contributed by atoms with Gasteiger partial charge in [-0.15, -0.1) is 0 Å². The number of nitrogens with zero attached hydrogens (tertiary/aromatic N) is 5. The number of carbonyl (C=O) groups is 1. The fourth-order valence-electron chi connectivity index (χ4n) is 3.19. The zero-order chi connectivity index (χ0) is 16.2. The van der Waals surface area contributed by atoms with Crippen LogP contribution in [0.5, 0.6) is 0 Å². The standard InChI is InChI=1S/C17H23N5O/c1-3-8-21(2)17(23)13-5-4-9-22(12-13)14-10-15-16(20-11-14)19-7-6-18-15/h6-7,10-11,13H,3-5,8-9,12H2,1-2H3. The average Bonchev–Trinajstić information content (AvgIpc) is 2.61. The van der Waals surface area contributed by atoms with Gasteiger partial charge in [0.05, 0.1) is 17.8 Å². The van der Waals surface area contributed by atoms with Crippen LogP contribution in [0.4, 0.5) is 5.69 Å². The van der Waals surface area contributed by atoms with E-state index in [2.05, 4.69) is 26.8 Å². The summed E-state index contributed by atoms with van der Waals surface area (Å²) in [6.45, 7) is 4.62. The maximum absolute atomic E-state index is 12.5. The Balaban J connectivity index is 1.75. The molecule has 3 heterocycles. The third-order valence-electron chi connectivity index (χ3n) is 4.38. The highest BCUT2D eigenvalue weighted by Crippen LogP contribution is 2.25. The maximum Gasteiger partial charge on any atom is 0.227 e. The lowest BCUT2D eigenvalue weighted by Gasteiger charge is -2.35. The van der Waals surface area contributed by atoms with Crippen LogP contribution in [-0.4, -0.2) is 52.4 Å². The number of hydrogen-bond acceptors (Lipinski definition) is 5. The van der Waals surface area contributed by atoms with Crippen LogP contribution in [0.3, 0.4) is 0 Å². The molecule has 1 fully saturated rings. The Morgan fingerprint density at radius 2 is 2.17 bits per heavy atom. The molecule has 1 saturated heterocycles. The van der Waals surface area contributed by atoms with Gasteiger partial charge in [-0.05, 0) is 25.3 Å². The summed E-state index contributed by atoms with van der Waals surface area (Å²) in [6.07, 6.45) is 8.13. The number of fused-ring (bicyclic) bond motifs is 1. The van der Waals surface area contributed by atoms with E-state index in [9.17, 15) is 4.79 Å². The number of hydrogen-bond donors (Lipinski definition) is 0. The highest BCUT2D eigenvalue weighted by Gasteiger charge is 2.28. The molecule has 0 aromatic carbocycles. The molecule has 2 aromatic heterocycles. The van der Waals surface area contributed by atoms with E-state index in [1.165, 1.54) is 0 Å². The van der Waals surface area contributed by atoms with Crippen molar-refractivity contribution in [3.8, 4) is 0 Å². The quantitative estimate of drug-likeness (QED) is 0.865. The molecule has 1 atom stereocenters. The minimum Gasteiger partial charge on any atom is -0.369 e. The smallest absolute Gasteiger partial charge is 0.227 e. The van der Waals surface area contributed by atoms with Crippen LogP contribution in [0.15, 0.2) is 24.7 Å². The van der Waals surface area contributed by atoms with Crippen molar-refractivity contribution < 1.29 is 4.79 Å². The second-order valence-electron chi connectivity index (χ2n) is 6.14.